The van der Waals surface area contributed by atoms with Gasteiger partial charge in [-0.3, -0.25) is 9.69 Å². The summed E-state index contributed by atoms with van der Waals surface area (Å²) < 4.78 is 0. The van der Waals surface area contributed by atoms with E-state index in [0.717, 1.165) is 26.2 Å². The highest BCUT2D eigenvalue weighted by Gasteiger charge is 2.27. The van der Waals surface area contributed by atoms with Gasteiger partial charge in [0.15, 0.2) is 0 Å². The van der Waals surface area contributed by atoms with Crippen molar-refractivity contribution in [2.24, 2.45) is 11.7 Å². The molecule has 1 rings (SSSR count). The zero-order valence-corrected chi connectivity index (χ0v) is 11.6. The fourth-order valence-electron chi connectivity index (χ4n) is 2.15. The molecule has 4 heteroatoms. The number of carbonyl (C=O) groups is 1. The van der Waals surface area contributed by atoms with Crippen molar-refractivity contribution in [3.8, 4) is 0 Å². The first-order valence-corrected chi connectivity index (χ1v) is 6.75. The topological polar surface area (TPSA) is 49.6 Å². The van der Waals surface area contributed by atoms with Crippen molar-refractivity contribution in [3.63, 3.8) is 0 Å². The number of carbonyl (C=O) groups excluding carboxylic acids is 1. The molecule has 3 unspecified atom stereocenters. The molecular weight excluding hydrogens is 214 g/mol. The minimum Gasteiger partial charge on any atom is -0.340 e. The van der Waals surface area contributed by atoms with E-state index in [1.165, 1.54) is 6.42 Å². The van der Waals surface area contributed by atoms with E-state index in [9.17, 15) is 4.79 Å². The quantitative estimate of drug-likeness (QED) is 0.796. The fourth-order valence-corrected chi connectivity index (χ4v) is 2.15. The smallest absolute Gasteiger partial charge is 0.227 e. The van der Waals surface area contributed by atoms with Gasteiger partial charge in [0.1, 0.15) is 0 Å². The lowest BCUT2D eigenvalue weighted by atomic mass is 10.0. The van der Waals surface area contributed by atoms with Gasteiger partial charge in [-0.2, -0.15) is 0 Å². The van der Waals surface area contributed by atoms with Crippen molar-refractivity contribution in [1.29, 1.82) is 0 Å². The van der Waals surface area contributed by atoms with Gasteiger partial charge in [0.2, 0.25) is 5.91 Å². The highest BCUT2D eigenvalue weighted by Crippen LogP contribution is 2.12. The Balaban J connectivity index is 2.44. The van der Waals surface area contributed by atoms with E-state index in [1.807, 2.05) is 18.7 Å². The van der Waals surface area contributed by atoms with Crippen LogP contribution in [-0.2, 0) is 4.79 Å². The highest BCUT2D eigenvalue weighted by molar-refractivity contribution is 5.79. The molecule has 0 saturated carbocycles. The van der Waals surface area contributed by atoms with Crippen LogP contribution in [0.15, 0.2) is 0 Å². The van der Waals surface area contributed by atoms with Crippen molar-refractivity contribution in [2.75, 3.05) is 26.2 Å². The second kappa shape index (κ2) is 6.36. The van der Waals surface area contributed by atoms with E-state index in [1.54, 1.807) is 0 Å². The first-order valence-electron chi connectivity index (χ1n) is 6.75. The van der Waals surface area contributed by atoms with Crippen LogP contribution in [0.3, 0.4) is 0 Å². The molecule has 1 saturated heterocycles. The number of nitrogens with two attached hydrogens (primary N) is 1. The summed E-state index contributed by atoms with van der Waals surface area (Å²) in [5.41, 5.74) is 5.78. The Hall–Kier alpha value is -0.610. The lowest BCUT2D eigenvalue weighted by molar-refractivity contribution is -0.137. The van der Waals surface area contributed by atoms with E-state index in [-0.39, 0.29) is 17.9 Å². The van der Waals surface area contributed by atoms with Crippen LogP contribution in [0.4, 0.5) is 0 Å². The van der Waals surface area contributed by atoms with Gasteiger partial charge in [-0.25, -0.2) is 0 Å². The van der Waals surface area contributed by atoms with E-state index in [2.05, 4.69) is 18.7 Å². The predicted molar refractivity (Wildman–Crippen MR) is 70.7 cm³/mol. The van der Waals surface area contributed by atoms with Crippen molar-refractivity contribution >= 4 is 5.91 Å². The van der Waals surface area contributed by atoms with Gasteiger partial charge in [0.25, 0.3) is 0 Å². The lowest BCUT2D eigenvalue weighted by Gasteiger charge is -2.39. The first kappa shape index (κ1) is 14.5. The summed E-state index contributed by atoms with van der Waals surface area (Å²) in [4.78, 5) is 16.5. The third kappa shape index (κ3) is 3.68. The highest BCUT2D eigenvalue weighted by atomic mass is 16.2. The number of amides is 1. The van der Waals surface area contributed by atoms with Crippen molar-refractivity contribution in [1.82, 2.24) is 9.80 Å². The summed E-state index contributed by atoms with van der Waals surface area (Å²) in [7, 11) is 0. The molecule has 3 atom stereocenters. The largest absolute Gasteiger partial charge is 0.340 e. The molecule has 1 fully saturated rings. The molecule has 1 aliphatic heterocycles. The first-order chi connectivity index (χ1) is 7.97. The van der Waals surface area contributed by atoms with Crippen LogP contribution in [0.2, 0.25) is 0 Å². The molecule has 1 heterocycles. The third-order valence-corrected chi connectivity index (χ3v) is 4.02. The lowest BCUT2D eigenvalue weighted by Crippen LogP contribution is -2.53. The number of rotatable bonds is 4. The molecule has 0 spiro atoms. The molecule has 100 valence electrons. The molecule has 1 amide bonds. The van der Waals surface area contributed by atoms with Crippen molar-refractivity contribution in [3.05, 3.63) is 0 Å². The average Bonchev–Trinajstić information content (AvgIpc) is 2.36. The van der Waals surface area contributed by atoms with E-state index in [4.69, 9.17) is 5.73 Å². The molecule has 1 aliphatic rings. The molecule has 2 N–H and O–H groups in total. The number of piperazine rings is 1. The van der Waals surface area contributed by atoms with Crippen molar-refractivity contribution < 1.29 is 4.79 Å². The van der Waals surface area contributed by atoms with Crippen LogP contribution in [0.1, 0.15) is 34.1 Å². The molecule has 0 bridgehead atoms. The Morgan fingerprint density at radius 3 is 2.12 bits per heavy atom. The Kier molecular flexibility index (Phi) is 5.40. The standard InChI is InChI=1S/C13H27N3O/c1-5-10(2)15-6-8-16(9-7-15)13(17)11(3)12(4)14/h10-12H,5-9,14H2,1-4H3. The molecule has 0 aromatic heterocycles. The summed E-state index contributed by atoms with van der Waals surface area (Å²) in [6.07, 6.45) is 1.17. The van der Waals surface area contributed by atoms with E-state index in [0.29, 0.717) is 6.04 Å². The van der Waals surface area contributed by atoms with Gasteiger partial charge in [0.05, 0.1) is 5.92 Å². The number of hydrogen-bond acceptors (Lipinski definition) is 3. The van der Waals surface area contributed by atoms with E-state index >= 15 is 0 Å². The maximum Gasteiger partial charge on any atom is 0.227 e. The summed E-state index contributed by atoms with van der Waals surface area (Å²) in [5, 5.41) is 0. The minimum absolute atomic E-state index is 0.0601. The Labute approximate surface area is 105 Å². The van der Waals surface area contributed by atoms with Gasteiger partial charge >= 0.3 is 0 Å². The fraction of sp³-hybridized carbons (Fsp3) is 0.923. The van der Waals surface area contributed by atoms with Crippen LogP contribution in [0.25, 0.3) is 0 Å². The second-order valence-corrected chi connectivity index (χ2v) is 5.27. The predicted octanol–water partition coefficient (Wildman–Crippen LogP) is 0.912. The van der Waals surface area contributed by atoms with Gasteiger partial charge < -0.3 is 10.6 Å². The van der Waals surface area contributed by atoms with Crippen LogP contribution >= 0.6 is 0 Å². The van der Waals surface area contributed by atoms with E-state index < -0.39 is 0 Å². The van der Waals surface area contributed by atoms with Crippen LogP contribution in [0.5, 0.6) is 0 Å². The molecular formula is C13H27N3O. The monoisotopic (exact) mass is 241 g/mol. The number of nitrogens with zero attached hydrogens (tertiary/aromatic N) is 2. The van der Waals surface area contributed by atoms with Crippen LogP contribution < -0.4 is 5.73 Å². The third-order valence-electron chi connectivity index (χ3n) is 4.02. The summed E-state index contributed by atoms with van der Waals surface area (Å²) in [6, 6.07) is 0.563. The molecule has 0 aliphatic carbocycles. The maximum atomic E-state index is 12.1. The normalized spacial score (nSPS) is 23.2. The number of hydrogen-bond donors (Lipinski definition) is 1. The molecule has 4 nitrogen and oxygen atoms in total. The zero-order valence-electron chi connectivity index (χ0n) is 11.6. The summed E-state index contributed by atoms with van der Waals surface area (Å²) >= 11 is 0. The molecule has 17 heavy (non-hydrogen) atoms. The Morgan fingerprint density at radius 1 is 1.18 bits per heavy atom. The summed E-state index contributed by atoms with van der Waals surface area (Å²) in [6.45, 7) is 12.0. The molecule has 0 aromatic rings. The minimum atomic E-state index is -0.0647. The van der Waals surface area contributed by atoms with Gasteiger partial charge in [0, 0.05) is 38.3 Å². The Morgan fingerprint density at radius 2 is 1.71 bits per heavy atom. The molecule has 0 radical (unpaired) electrons. The summed E-state index contributed by atoms with van der Waals surface area (Å²) in [5.74, 6) is 0.147. The zero-order chi connectivity index (χ0) is 13.0. The SMILES string of the molecule is CCC(C)N1CCN(C(=O)C(C)C(C)N)CC1. The van der Waals surface area contributed by atoms with Crippen LogP contribution in [-0.4, -0.2) is 54.0 Å². The Bertz CT molecular complexity index is 247. The van der Waals surface area contributed by atoms with Gasteiger partial charge in [-0.05, 0) is 20.3 Å². The molecule has 0 aromatic carbocycles. The van der Waals surface area contributed by atoms with Crippen LogP contribution in [0, 0.1) is 5.92 Å². The van der Waals surface area contributed by atoms with Crippen molar-refractivity contribution in [2.45, 2.75) is 46.2 Å². The van der Waals surface area contributed by atoms with Gasteiger partial charge in [-0.15, -0.1) is 0 Å². The van der Waals surface area contributed by atoms with Gasteiger partial charge in [-0.1, -0.05) is 13.8 Å². The second-order valence-electron chi connectivity index (χ2n) is 5.27. The maximum absolute atomic E-state index is 12.1. The average molecular weight is 241 g/mol.